The van der Waals surface area contributed by atoms with Crippen molar-refractivity contribution >= 4 is 5.91 Å². The molecule has 1 unspecified atom stereocenters. The molecule has 0 saturated heterocycles. The van der Waals surface area contributed by atoms with Crippen molar-refractivity contribution in [1.82, 2.24) is 10.2 Å². The van der Waals surface area contributed by atoms with Crippen molar-refractivity contribution < 1.29 is 4.79 Å². The summed E-state index contributed by atoms with van der Waals surface area (Å²) < 4.78 is 0. The van der Waals surface area contributed by atoms with Crippen LogP contribution in [0, 0.1) is 11.3 Å². The van der Waals surface area contributed by atoms with E-state index in [1.165, 1.54) is 12.8 Å². The predicted molar refractivity (Wildman–Crippen MR) is 84.5 cm³/mol. The van der Waals surface area contributed by atoms with E-state index in [-0.39, 0.29) is 11.3 Å². The maximum absolute atomic E-state index is 11.9. The van der Waals surface area contributed by atoms with Gasteiger partial charge in [0.25, 0.3) is 0 Å². The Hall–Kier alpha value is -0.610. The van der Waals surface area contributed by atoms with E-state index in [9.17, 15) is 4.79 Å². The van der Waals surface area contributed by atoms with Crippen molar-refractivity contribution in [2.24, 2.45) is 17.1 Å². The third kappa shape index (κ3) is 6.71. The molecule has 1 atom stereocenters. The van der Waals surface area contributed by atoms with E-state index in [0.29, 0.717) is 18.9 Å². The van der Waals surface area contributed by atoms with Gasteiger partial charge in [-0.05, 0) is 50.6 Å². The maximum Gasteiger partial charge on any atom is 0.220 e. The monoisotopic (exact) mass is 283 g/mol. The third-order valence-corrected chi connectivity index (χ3v) is 4.42. The standard InChI is InChI=1S/C16H33N3O/c1-16(2,3)13(9-10-17)5-8-15(20)18-11-12-19(4)14-6-7-14/h13-14H,5-12,17H2,1-4H3,(H,18,20). The maximum atomic E-state index is 11.9. The van der Waals surface area contributed by atoms with Crippen LogP contribution in [0.15, 0.2) is 0 Å². The molecule has 1 rings (SSSR count). The summed E-state index contributed by atoms with van der Waals surface area (Å²) in [5, 5.41) is 3.03. The van der Waals surface area contributed by atoms with Gasteiger partial charge >= 0.3 is 0 Å². The third-order valence-electron chi connectivity index (χ3n) is 4.42. The van der Waals surface area contributed by atoms with Gasteiger partial charge in [-0.1, -0.05) is 20.8 Å². The van der Waals surface area contributed by atoms with Gasteiger partial charge in [-0.2, -0.15) is 0 Å². The Morgan fingerprint density at radius 3 is 2.50 bits per heavy atom. The summed E-state index contributed by atoms with van der Waals surface area (Å²) in [4.78, 5) is 14.2. The van der Waals surface area contributed by atoms with E-state index in [0.717, 1.165) is 32.0 Å². The second-order valence-corrected chi connectivity index (χ2v) is 7.24. The van der Waals surface area contributed by atoms with Crippen molar-refractivity contribution in [3.63, 3.8) is 0 Å². The summed E-state index contributed by atoms with van der Waals surface area (Å²) in [6.07, 6.45) is 5.19. The summed E-state index contributed by atoms with van der Waals surface area (Å²) in [5.41, 5.74) is 5.90. The van der Waals surface area contributed by atoms with E-state index >= 15 is 0 Å². The lowest BCUT2D eigenvalue weighted by atomic mass is 9.76. The van der Waals surface area contributed by atoms with Crippen LogP contribution in [0.25, 0.3) is 0 Å². The van der Waals surface area contributed by atoms with Crippen LogP contribution in [0.1, 0.15) is 52.9 Å². The van der Waals surface area contributed by atoms with Crippen molar-refractivity contribution in [3.8, 4) is 0 Å². The van der Waals surface area contributed by atoms with Gasteiger partial charge < -0.3 is 16.0 Å². The van der Waals surface area contributed by atoms with Crippen LogP contribution in [-0.4, -0.2) is 43.5 Å². The van der Waals surface area contributed by atoms with Crippen LogP contribution in [0.3, 0.4) is 0 Å². The van der Waals surface area contributed by atoms with Gasteiger partial charge in [0.05, 0.1) is 0 Å². The van der Waals surface area contributed by atoms with Crippen LogP contribution in [0.4, 0.5) is 0 Å². The SMILES string of the molecule is CN(CCNC(=O)CCC(CCN)C(C)(C)C)C1CC1. The average molecular weight is 283 g/mol. The number of hydrogen-bond donors (Lipinski definition) is 2. The van der Waals surface area contributed by atoms with Gasteiger partial charge in [0.15, 0.2) is 0 Å². The van der Waals surface area contributed by atoms with Crippen LogP contribution < -0.4 is 11.1 Å². The van der Waals surface area contributed by atoms with Gasteiger partial charge in [0.1, 0.15) is 0 Å². The molecule has 4 nitrogen and oxygen atoms in total. The summed E-state index contributed by atoms with van der Waals surface area (Å²) in [6, 6.07) is 0.765. The van der Waals surface area contributed by atoms with Crippen molar-refractivity contribution in [2.45, 2.75) is 58.9 Å². The highest BCUT2D eigenvalue weighted by atomic mass is 16.1. The Labute approximate surface area is 124 Å². The molecule has 0 aromatic carbocycles. The highest BCUT2D eigenvalue weighted by Gasteiger charge is 2.26. The van der Waals surface area contributed by atoms with E-state index in [1.807, 2.05) is 0 Å². The minimum absolute atomic E-state index is 0.181. The van der Waals surface area contributed by atoms with Crippen molar-refractivity contribution in [2.75, 3.05) is 26.7 Å². The lowest BCUT2D eigenvalue weighted by Crippen LogP contribution is -2.34. The number of carbonyl (C=O) groups is 1. The zero-order valence-corrected chi connectivity index (χ0v) is 13.7. The van der Waals surface area contributed by atoms with E-state index in [1.54, 1.807) is 0 Å². The number of likely N-dealkylation sites (N-methyl/N-ethyl adjacent to an activating group) is 1. The molecule has 1 aliphatic carbocycles. The fourth-order valence-corrected chi connectivity index (χ4v) is 2.67. The van der Waals surface area contributed by atoms with Crippen molar-refractivity contribution in [1.29, 1.82) is 0 Å². The smallest absolute Gasteiger partial charge is 0.220 e. The molecule has 0 radical (unpaired) electrons. The molecule has 1 fully saturated rings. The van der Waals surface area contributed by atoms with Crippen molar-refractivity contribution in [3.05, 3.63) is 0 Å². The minimum atomic E-state index is 0.181. The van der Waals surface area contributed by atoms with Gasteiger partial charge in [-0.25, -0.2) is 0 Å². The normalized spacial score (nSPS) is 17.3. The highest BCUT2D eigenvalue weighted by molar-refractivity contribution is 5.75. The molecule has 3 N–H and O–H groups in total. The zero-order chi connectivity index (χ0) is 15.2. The number of amides is 1. The molecule has 20 heavy (non-hydrogen) atoms. The first kappa shape index (κ1) is 17.4. The molecular formula is C16H33N3O. The summed E-state index contributed by atoms with van der Waals surface area (Å²) in [5.74, 6) is 0.702. The van der Waals surface area contributed by atoms with Crippen LogP contribution >= 0.6 is 0 Å². The predicted octanol–water partition coefficient (Wildman–Crippen LogP) is 1.99. The lowest BCUT2D eigenvalue weighted by Gasteiger charge is -2.30. The second kappa shape index (κ2) is 7.99. The summed E-state index contributed by atoms with van der Waals surface area (Å²) >= 11 is 0. The summed E-state index contributed by atoms with van der Waals surface area (Å²) in [6.45, 7) is 9.13. The number of rotatable bonds is 9. The Balaban J connectivity index is 2.16. The quantitative estimate of drug-likeness (QED) is 0.680. The Bertz CT molecular complexity index is 295. The van der Waals surface area contributed by atoms with Gasteiger partial charge in [0, 0.05) is 25.6 Å². The van der Waals surface area contributed by atoms with Gasteiger partial charge in [-0.15, -0.1) is 0 Å². The molecule has 0 aromatic heterocycles. The zero-order valence-electron chi connectivity index (χ0n) is 13.7. The van der Waals surface area contributed by atoms with Crippen LogP contribution in [0.5, 0.6) is 0 Å². The summed E-state index contributed by atoms with van der Waals surface area (Å²) in [7, 11) is 2.14. The van der Waals surface area contributed by atoms with E-state index < -0.39 is 0 Å². The van der Waals surface area contributed by atoms with Crippen LogP contribution in [-0.2, 0) is 4.79 Å². The molecule has 0 bridgehead atoms. The van der Waals surface area contributed by atoms with E-state index in [2.05, 4.69) is 38.0 Å². The van der Waals surface area contributed by atoms with Crippen LogP contribution in [0.2, 0.25) is 0 Å². The fraction of sp³-hybridized carbons (Fsp3) is 0.938. The van der Waals surface area contributed by atoms with Gasteiger partial charge in [-0.3, -0.25) is 4.79 Å². The first-order valence-electron chi connectivity index (χ1n) is 8.01. The first-order chi connectivity index (χ1) is 9.34. The Morgan fingerprint density at radius 1 is 1.35 bits per heavy atom. The minimum Gasteiger partial charge on any atom is -0.355 e. The molecule has 0 spiro atoms. The number of nitrogens with two attached hydrogens (primary N) is 1. The molecule has 4 heteroatoms. The van der Waals surface area contributed by atoms with Gasteiger partial charge in [0.2, 0.25) is 5.91 Å². The Morgan fingerprint density at radius 2 is 2.00 bits per heavy atom. The Kier molecular flexibility index (Phi) is 6.96. The fourth-order valence-electron chi connectivity index (χ4n) is 2.67. The number of nitrogens with one attached hydrogen (secondary N) is 1. The molecule has 1 saturated carbocycles. The topological polar surface area (TPSA) is 58.4 Å². The molecule has 0 heterocycles. The van der Waals surface area contributed by atoms with E-state index in [4.69, 9.17) is 5.73 Å². The molecule has 0 aromatic rings. The molecule has 1 amide bonds. The lowest BCUT2D eigenvalue weighted by molar-refractivity contribution is -0.121. The number of carbonyl (C=O) groups excluding carboxylic acids is 1. The number of nitrogens with zero attached hydrogens (tertiary/aromatic N) is 1. The molecular weight excluding hydrogens is 250 g/mol. The number of hydrogen-bond acceptors (Lipinski definition) is 3. The molecule has 118 valence electrons. The highest BCUT2D eigenvalue weighted by Crippen LogP contribution is 2.32. The molecule has 0 aliphatic heterocycles. The average Bonchev–Trinajstić information content (AvgIpc) is 3.16. The molecule has 1 aliphatic rings. The second-order valence-electron chi connectivity index (χ2n) is 7.24. The largest absolute Gasteiger partial charge is 0.355 e. The first-order valence-corrected chi connectivity index (χ1v) is 8.01.